The largest absolute Gasteiger partial charge is 0.371 e. The molecule has 19 rings (SSSR count). The number of aliphatic hydroxyl groups excluding tert-OH is 1. The Labute approximate surface area is 600 Å². The van der Waals surface area contributed by atoms with E-state index >= 15 is 4.79 Å². The number of aliphatic imine (C=N–C) groups is 1. The van der Waals surface area contributed by atoms with Gasteiger partial charge in [0.2, 0.25) is 0 Å². The lowest BCUT2D eigenvalue weighted by atomic mass is 9.64. The van der Waals surface area contributed by atoms with E-state index in [4.69, 9.17) is 38.2 Å². The zero-order chi connectivity index (χ0) is 67.5. The van der Waals surface area contributed by atoms with E-state index in [1.165, 1.54) is 23.2 Å². The summed E-state index contributed by atoms with van der Waals surface area (Å²) >= 11 is 19.4. The van der Waals surface area contributed by atoms with Crippen LogP contribution >= 0.6 is 39.1 Å². The van der Waals surface area contributed by atoms with Gasteiger partial charge >= 0.3 is 0 Å². The van der Waals surface area contributed by atoms with Gasteiger partial charge in [-0.2, -0.15) is 9.97 Å². The number of carbonyl (C=O) groups is 2. The van der Waals surface area contributed by atoms with Gasteiger partial charge in [0.15, 0.2) is 6.23 Å². The van der Waals surface area contributed by atoms with Crippen molar-refractivity contribution in [3.8, 4) is 11.4 Å². The van der Waals surface area contributed by atoms with E-state index < -0.39 is 17.1 Å². The maximum Gasteiger partial charge on any atom is 0.282 e. The zero-order valence-corrected chi connectivity index (χ0v) is 59.7. The average molecular weight is 1440 g/mol. The highest BCUT2D eigenvalue weighted by Crippen LogP contribution is 2.62. The molecule has 0 amide bonds. The van der Waals surface area contributed by atoms with Crippen molar-refractivity contribution in [1.29, 1.82) is 0 Å². The Morgan fingerprint density at radius 1 is 0.560 bits per heavy atom. The van der Waals surface area contributed by atoms with Crippen molar-refractivity contribution in [2.24, 2.45) is 16.8 Å². The van der Waals surface area contributed by atoms with Crippen LogP contribution in [0.3, 0.4) is 0 Å². The number of Topliss-reactive ketones (excluding diaryl/α,β-unsaturated/α-hetero) is 1. The SMILES string of the molecule is O=CC1CCN(c2ccc3c(c2)-n2c(nc(=O)c4c(Cl)c(C5CCCC6(C5)c5ccc(N7CCC(CN8CCNCC8)CC7)cc5-n5c6nc(=O)c6c(Br)cccc65)ccc42)C32CCC(c3ccc4c(c3Cl)C(O)N=C3N4c4cc(N5CCC(=O)CC5)ccc4C34CCCCC4)CC2)CC1. The highest BCUT2D eigenvalue weighted by molar-refractivity contribution is 9.10. The number of hydrogen-bond donors (Lipinski definition) is 2. The maximum atomic E-state index is 15.5. The third-order valence-corrected chi connectivity index (χ3v) is 27.7. The Morgan fingerprint density at radius 3 is 1.82 bits per heavy atom. The number of benzene rings is 6. The minimum atomic E-state index is -1.13. The molecule has 2 aromatic heterocycles. The van der Waals surface area contributed by atoms with Crippen LogP contribution in [0.5, 0.6) is 0 Å². The highest BCUT2D eigenvalue weighted by atomic mass is 79.9. The van der Waals surface area contributed by atoms with Crippen molar-refractivity contribution < 1.29 is 14.7 Å². The van der Waals surface area contributed by atoms with Crippen LogP contribution in [0.4, 0.5) is 28.4 Å². The van der Waals surface area contributed by atoms with Crippen molar-refractivity contribution in [2.45, 2.75) is 156 Å². The number of nitrogens with one attached hydrogen (secondary N) is 1. The Kier molecular flexibility index (Phi) is 15.6. The number of nitrogens with zero attached hydrogens (tertiary/aromatic N) is 10. The first kappa shape index (κ1) is 63.7. The Bertz CT molecular complexity index is 4890. The second kappa shape index (κ2) is 24.5. The molecule has 16 nitrogen and oxygen atoms in total. The van der Waals surface area contributed by atoms with Gasteiger partial charge in [-0.3, -0.25) is 28.4 Å². The molecular formula is C81H84BrCl2N11O5. The van der Waals surface area contributed by atoms with Gasteiger partial charge in [-0.05, 0) is 206 Å². The fourth-order valence-electron chi connectivity index (χ4n) is 21.0. The number of anilines is 5. The van der Waals surface area contributed by atoms with E-state index in [2.05, 4.69) is 140 Å². The van der Waals surface area contributed by atoms with E-state index in [-0.39, 0.29) is 34.3 Å². The predicted octanol–water partition coefficient (Wildman–Crippen LogP) is 14.5. The first-order valence-electron chi connectivity index (χ1n) is 37.3. The third-order valence-electron chi connectivity index (χ3n) is 26.2. The van der Waals surface area contributed by atoms with Crippen LogP contribution in [0, 0.1) is 11.8 Å². The average Bonchev–Trinajstić information content (AvgIpc) is 1.55. The first-order chi connectivity index (χ1) is 48.8. The van der Waals surface area contributed by atoms with Gasteiger partial charge in [-0.15, -0.1) is 0 Å². The molecule has 3 aliphatic carbocycles. The highest BCUT2D eigenvalue weighted by Gasteiger charge is 2.55. The lowest BCUT2D eigenvalue weighted by molar-refractivity contribution is -0.119. The molecule has 2 N–H and O–H groups in total. The summed E-state index contributed by atoms with van der Waals surface area (Å²) in [6.45, 7) is 10.5. The van der Waals surface area contributed by atoms with Crippen LogP contribution in [0.1, 0.15) is 185 Å². The van der Waals surface area contributed by atoms with Crippen LogP contribution in [0.2, 0.25) is 10.0 Å². The van der Waals surface area contributed by atoms with Crippen molar-refractivity contribution in [1.82, 2.24) is 29.3 Å². The number of aromatic nitrogens is 4. The number of carbonyl (C=O) groups excluding carboxylic acids is 2. The van der Waals surface area contributed by atoms with E-state index in [1.54, 1.807) is 0 Å². The summed E-state index contributed by atoms with van der Waals surface area (Å²) < 4.78 is 5.27. The number of halogens is 3. The van der Waals surface area contributed by atoms with E-state index in [0.29, 0.717) is 83.3 Å². The number of ketones is 1. The lowest BCUT2D eigenvalue weighted by Gasteiger charge is -2.40. The monoisotopic (exact) mass is 1440 g/mol. The number of amidine groups is 1. The van der Waals surface area contributed by atoms with Gasteiger partial charge < -0.3 is 34.8 Å². The molecule has 11 aliphatic rings. The van der Waals surface area contributed by atoms with Gasteiger partial charge in [0.25, 0.3) is 11.1 Å². The third kappa shape index (κ3) is 9.75. The molecule has 6 aromatic carbocycles. The van der Waals surface area contributed by atoms with E-state index in [0.717, 1.165) is 232 Å². The molecule has 3 spiro atoms. The number of piperidine rings is 3. The predicted molar refractivity (Wildman–Crippen MR) is 400 cm³/mol. The Balaban J connectivity index is 0.662. The molecule has 100 heavy (non-hydrogen) atoms. The van der Waals surface area contributed by atoms with Crippen molar-refractivity contribution >= 4 is 107 Å². The Morgan fingerprint density at radius 2 is 1.14 bits per heavy atom. The second-order valence-electron chi connectivity index (χ2n) is 31.2. The van der Waals surface area contributed by atoms with Crippen LogP contribution in [0.25, 0.3) is 33.2 Å². The molecule has 3 unspecified atom stereocenters. The molecule has 3 atom stereocenters. The molecule has 514 valence electrons. The fraction of sp³-hybridized carbons (Fsp3) is 0.469. The van der Waals surface area contributed by atoms with Gasteiger partial charge in [-0.25, -0.2) is 4.99 Å². The van der Waals surface area contributed by atoms with Gasteiger partial charge in [0.1, 0.15) is 29.6 Å². The molecule has 0 radical (unpaired) electrons. The molecule has 3 saturated carbocycles. The topological polar surface area (TPSA) is 165 Å². The van der Waals surface area contributed by atoms with Crippen LogP contribution < -0.4 is 36.0 Å². The molecular weight excluding hydrogens is 1360 g/mol. The molecule has 0 bridgehead atoms. The minimum Gasteiger partial charge on any atom is -0.371 e. The smallest absolute Gasteiger partial charge is 0.282 e. The van der Waals surface area contributed by atoms with Gasteiger partial charge in [-0.1, -0.05) is 85.3 Å². The number of hydrogen-bond acceptors (Lipinski definition) is 14. The molecule has 4 saturated heterocycles. The number of aldehydes is 1. The van der Waals surface area contributed by atoms with Crippen LogP contribution in [-0.4, -0.2) is 119 Å². The molecule has 10 heterocycles. The quantitative estimate of drug-likeness (QED) is 0.138. The molecule has 8 aromatic rings. The number of piperazine rings is 1. The van der Waals surface area contributed by atoms with E-state index in [9.17, 15) is 19.5 Å². The standard InChI is InChI=1S/C81H84BrCl2N11O5/c82-61-7-4-8-62-68(61)73(98)86-78-81(60-16-11-53(44-67(60)93(62)78)90-34-21-48(22-35-90)46-89-40-32-85-33-41-89)29-5-6-51(45-81)57-13-18-64-70(72(57)84)75(100)88-77-80(59-15-10-52(42-66(59)95(64)77)91-36-23-49(47-96)24-37-91)30-19-50(20-31-80)56-12-17-63-69(71(56)83)74(99)87-76-79(27-2-1-3-28-79)58-14-9-54(43-65(58)94(63)76)92-38-25-55(97)26-39-92/h4,7-18,42-44,47-51,74,85,99H,1-3,5-6,19-41,45-46H2. The fourth-order valence-corrected chi connectivity index (χ4v) is 22.4. The number of rotatable bonds is 8. The van der Waals surface area contributed by atoms with Crippen LogP contribution in [0.15, 0.2) is 116 Å². The zero-order valence-electron chi connectivity index (χ0n) is 56.6. The van der Waals surface area contributed by atoms with Gasteiger partial charge in [0.05, 0.1) is 70.8 Å². The molecule has 8 aliphatic heterocycles. The first-order valence-corrected chi connectivity index (χ1v) is 38.8. The minimum absolute atomic E-state index is 0.0477. The van der Waals surface area contributed by atoms with Crippen molar-refractivity contribution in [3.05, 3.63) is 177 Å². The summed E-state index contributed by atoms with van der Waals surface area (Å²) in [6, 6.07) is 35.3. The Hall–Kier alpha value is -7.25. The van der Waals surface area contributed by atoms with Crippen molar-refractivity contribution in [3.63, 3.8) is 0 Å². The summed E-state index contributed by atoms with van der Waals surface area (Å²) in [5.41, 5.74) is 13.0. The second-order valence-corrected chi connectivity index (χ2v) is 32.8. The number of aliphatic hydroxyl groups is 1. The van der Waals surface area contributed by atoms with E-state index in [1.807, 2.05) is 12.1 Å². The molecule has 7 fully saturated rings. The van der Waals surface area contributed by atoms with Crippen molar-refractivity contribution in [2.75, 3.05) is 91.6 Å². The van der Waals surface area contributed by atoms with Crippen LogP contribution in [-0.2, 0) is 25.8 Å². The molecule has 19 heteroatoms. The normalized spacial score (nSPS) is 25.7. The summed E-state index contributed by atoms with van der Waals surface area (Å²) in [5.74, 6) is 3.44. The number of fused-ring (bicyclic) bond motifs is 21. The lowest BCUT2D eigenvalue weighted by Crippen LogP contribution is -2.46. The summed E-state index contributed by atoms with van der Waals surface area (Å²) in [5, 5.41) is 17.8. The summed E-state index contributed by atoms with van der Waals surface area (Å²) in [6.07, 6.45) is 16.4. The summed E-state index contributed by atoms with van der Waals surface area (Å²) in [7, 11) is 0. The summed E-state index contributed by atoms with van der Waals surface area (Å²) in [4.78, 5) is 82.1. The maximum absolute atomic E-state index is 15.5. The van der Waals surface area contributed by atoms with Gasteiger partial charge in [0, 0.05) is 118 Å².